The maximum Gasteiger partial charge on any atom is 0.254 e. The van der Waals surface area contributed by atoms with Crippen LogP contribution in [0.5, 0.6) is 5.75 Å². The average molecular weight is 475 g/mol. The number of carbonyl (C=O) groups is 1. The second kappa shape index (κ2) is 10.0. The third kappa shape index (κ3) is 4.59. The molecule has 1 aliphatic carbocycles. The number of ether oxygens (including phenoxy) is 2. The van der Waals surface area contributed by atoms with Crippen LogP contribution in [-0.4, -0.2) is 84.8 Å². The number of allylic oxidation sites excluding steroid dienone is 2. The summed E-state index contributed by atoms with van der Waals surface area (Å²) in [7, 11) is 1.61. The van der Waals surface area contributed by atoms with Gasteiger partial charge in [-0.3, -0.25) is 9.69 Å². The van der Waals surface area contributed by atoms with Crippen molar-refractivity contribution in [3.8, 4) is 11.8 Å². The molecule has 35 heavy (non-hydrogen) atoms. The maximum atomic E-state index is 13.2. The number of nitrogens with one attached hydrogen (secondary N) is 1. The summed E-state index contributed by atoms with van der Waals surface area (Å²) in [5.74, 6) is 2.01. The van der Waals surface area contributed by atoms with E-state index in [9.17, 15) is 10.1 Å². The number of nitrogens with zero attached hydrogens (tertiary/aromatic N) is 5. The van der Waals surface area contributed by atoms with E-state index in [-0.39, 0.29) is 5.91 Å². The van der Waals surface area contributed by atoms with Crippen LogP contribution in [0.1, 0.15) is 39.9 Å². The van der Waals surface area contributed by atoms with Gasteiger partial charge >= 0.3 is 0 Å². The number of amides is 1. The van der Waals surface area contributed by atoms with Crippen LogP contribution in [0.3, 0.4) is 0 Å². The van der Waals surface area contributed by atoms with Crippen LogP contribution in [0, 0.1) is 11.3 Å². The van der Waals surface area contributed by atoms with Gasteiger partial charge in [0.25, 0.3) is 5.91 Å². The molecule has 1 amide bonds. The lowest BCUT2D eigenvalue weighted by molar-refractivity contribution is -0.0746. The smallest absolute Gasteiger partial charge is 0.254 e. The van der Waals surface area contributed by atoms with Gasteiger partial charge in [-0.05, 0) is 19.1 Å². The van der Waals surface area contributed by atoms with Crippen LogP contribution >= 0.6 is 0 Å². The predicted molar refractivity (Wildman–Crippen MR) is 131 cm³/mol. The van der Waals surface area contributed by atoms with Gasteiger partial charge in [-0.2, -0.15) is 5.26 Å². The lowest BCUT2D eigenvalue weighted by atomic mass is 10.0. The SMILES string of the molecule is CCNc1nc(Cc2ccc(C(=O)N3CCN(C4COC4)CC3)cc2OC)nc2c1C(C#N)=CC2. The number of aromatic nitrogens is 2. The highest BCUT2D eigenvalue weighted by Crippen LogP contribution is 2.32. The van der Waals surface area contributed by atoms with E-state index in [0.717, 1.165) is 43.1 Å². The molecule has 1 aromatic carbocycles. The number of hydrogen-bond acceptors (Lipinski definition) is 8. The number of nitriles is 1. The molecule has 2 saturated heterocycles. The van der Waals surface area contributed by atoms with E-state index in [1.807, 2.05) is 36.1 Å². The van der Waals surface area contributed by atoms with Gasteiger partial charge in [-0.25, -0.2) is 9.97 Å². The number of rotatable bonds is 7. The lowest BCUT2D eigenvalue weighted by Gasteiger charge is -2.42. The fraction of sp³-hybridized carbons (Fsp3) is 0.462. The monoisotopic (exact) mass is 474 g/mol. The first-order valence-electron chi connectivity index (χ1n) is 12.1. The zero-order valence-corrected chi connectivity index (χ0v) is 20.2. The topological polar surface area (TPSA) is 104 Å². The lowest BCUT2D eigenvalue weighted by Crippen LogP contribution is -2.57. The summed E-state index contributed by atoms with van der Waals surface area (Å²) in [6.07, 6.45) is 2.98. The first kappa shape index (κ1) is 23.3. The zero-order valence-electron chi connectivity index (χ0n) is 20.2. The van der Waals surface area contributed by atoms with Gasteiger partial charge in [-0.1, -0.05) is 12.1 Å². The van der Waals surface area contributed by atoms with Crippen molar-refractivity contribution in [3.05, 3.63) is 52.5 Å². The minimum Gasteiger partial charge on any atom is -0.496 e. The largest absolute Gasteiger partial charge is 0.496 e. The molecular weight excluding hydrogens is 444 g/mol. The van der Waals surface area contributed by atoms with Crippen LogP contribution in [-0.2, 0) is 17.6 Å². The summed E-state index contributed by atoms with van der Waals surface area (Å²) in [6, 6.07) is 8.35. The molecule has 2 fully saturated rings. The first-order valence-corrected chi connectivity index (χ1v) is 12.1. The molecule has 1 aromatic heterocycles. The molecule has 2 aliphatic heterocycles. The molecule has 182 valence electrons. The number of carbonyl (C=O) groups excluding carboxylic acids is 1. The fourth-order valence-corrected chi connectivity index (χ4v) is 4.87. The van der Waals surface area contributed by atoms with Crippen molar-refractivity contribution in [3.63, 3.8) is 0 Å². The maximum absolute atomic E-state index is 13.2. The Balaban J connectivity index is 1.32. The number of piperazine rings is 1. The van der Waals surface area contributed by atoms with Gasteiger partial charge in [0.15, 0.2) is 0 Å². The van der Waals surface area contributed by atoms with Gasteiger partial charge in [0, 0.05) is 56.7 Å². The van der Waals surface area contributed by atoms with Crippen molar-refractivity contribution in [1.82, 2.24) is 19.8 Å². The van der Waals surface area contributed by atoms with Crippen LogP contribution < -0.4 is 10.1 Å². The summed E-state index contributed by atoms with van der Waals surface area (Å²) in [5.41, 5.74) is 3.81. The molecule has 0 saturated carbocycles. The summed E-state index contributed by atoms with van der Waals surface area (Å²) < 4.78 is 11.0. The van der Waals surface area contributed by atoms with E-state index < -0.39 is 0 Å². The Kier molecular flexibility index (Phi) is 6.66. The molecule has 2 aromatic rings. The minimum absolute atomic E-state index is 0.0256. The van der Waals surface area contributed by atoms with Gasteiger partial charge < -0.3 is 19.7 Å². The van der Waals surface area contributed by atoms with E-state index >= 15 is 0 Å². The van der Waals surface area contributed by atoms with Crippen molar-refractivity contribution < 1.29 is 14.3 Å². The minimum atomic E-state index is 0.0256. The normalized spacial score (nSPS) is 17.9. The highest BCUT2D eigenvalue weighted by Gasteiger charge is 2.30. The van der Waals surface area contributed by atoms with Crippen molar-refractivity contribution in [2.24, 2.45) is 0 Å². The van der Waals surface area contributed by atoms with Crippen LogP contribution in [0.4, 0.5) is 5.82 Å². The molecule has 9 nitrogen and oxygen atoms in total. The highest BCUT2D eigenvalue weighted by atomic mass is 16.5. The van der Waals surface area contributed by atoms with Gasteiger partial charge in [0.2, 0.25) is 0 Å². The Bertz CT molecular complexity index is 1190. The predicted octanol–water partition coefficient (Wildman–Crippen LogP) is 2.13. The average Bonchev–Trinajstić information content (AvgIpc) is 3.27. The van der Waals surface area contributed by atoms with Crippen LogP contribution in [0.25, 0.3) is 5.57 Å². The fourth-order valence-electron chi connectivity index (χ4n) is 4.87. The van der Waals surface area contributed by atoms with E-state index in [2.05, 4.69) is 16.3 Å². The van der Waals surface area contributed by atoms with Crippen LogP contribution in [0.2, 0.25) is 0 Å². The Morgan fingerprint density at radius 2 is 2.06 bits per heavy atom. The van der Waals surface area contributed by atoms with Crippen molar-refractivity contribution in [1.29, 1.82) is 5.26 Å². The molecular formula is C26H30N6O3. The Morgan fingerprint density at radius 1 is 1.26 bits per heavy atom. The van der Waals surface area contributed by atoms with Gasteiger partial charge in [0.05, 0.1) is 49.3 Å². The number of benzene rings is 1. The van der Waals surface area contributed by atoms with Gasteiger partial charge in [0.1, 0.15) is 17.4 Å². The van der Waals surface area contributed by atoms with E-state index in [4.69, 9.17) is 19.4 Å². The summed E-state index contributed by atoms with van der Waals surface area (Å²) in [5, 5.41) is 12.7. The molecule has 0 spiro atoms. The molecule has 9 heteroatoms. The van der Waals surface area contributed by atoms with Crippen molar-refractivity contribution in [2.45, 2.75) is 25.8 Å². The van der Waals surface area contributed by atoms with Gasteiger partial charge in [-0.15, -0.1) is 0 Å². The first-order chi connectivity index (χ1) is 17.1. The number of anilines is 1. The molecule has 0 unspecified atom stereocenters. The molecule has 0 radical (unpaired) electrons. The summed E-state index contributed by atoms with van der Waals surface area (Å²) in [4.78, 5) is 26.9. The number of methoxy groups -OCH3 is 1. The van der Waals surface area contributed by atoms with E-state index in [0.29, 0.717) is 67.0 Å². The van der Waals surface area contributed by atoms with Crippen LogP contribution in [0.15, 0.2) is 24.3 Å². The Labute approximate surface area is 205 Å². The second-order valence-corrected chi connectivity index (χ2v) is 9.00. The number of fused-ring (bicyclic) bond motifs is 1. The molecule has 3 aliphatic rings. The molecule has 0 atom stereocenters. The summed E-state index contributed by atoms with van der Waals surface area (Å²) in [6.45, 7) is 7.48. The quantitative estimate of drug-likeness (QED) is 0.651. The molecule has 3 heterocycles. The van der Waals surface area contributed by atoms with Crippen molar-refractivity contribution in [2.75, 3.05) is 58.4 Å². The highest BCUT2D eigenvalue weighted by molar-refractivity contribution is 5.95. The molecule has 1 N–H and O–H groups in total. The zero-order chi connectivity index (χ0) is 24.4. The van der Waals surface area contributed by atoms with E-state index in [1.54, 1.807) is 7.11 Å². The summed E-state index contributed by atoms with van der Waals surface area (Å²) >= 11 is 0. The van der Waals surface area contributed by atoms with Crippen molar-refractivity contribution >= 4 is 17.3 Å². The molecule has 0 bridgehead atoms. The third-order valence-corrected chi connectivity index (χ3v) is 6.88. The Morgan fingerprint density at radius 3 is 2.71 bits per heavy atom. The van der Waals surface area contributed by atoms with E-state index in [1.165, 1.54) is 0 Å². The molecule has 5 rings (SSSR count). The third-order valence-electron chi connectivity index (χ3n) is 6.88. The Hall–Kier alpha value is -3.48. The second-order valence-electron chi connectivity index (χ2n) is 9.00. The number of hydrogen-bond donors (Lipinski definition) is 1. The standard InChI is InChI=1S/C26H30N6O3/c1-3-28-25-24-19(14-27)6-7-21(24)29-23(30-25)13-17-4-5-18(12-22(17)34-2)26(33)32-10-8-31(9-11-32)20-15-35-16-20/h4-6,12,20H,3,7-11,13,15-16H2,1-2H3,(H,28,29,30).